The van der Waals surface area contributed by atoms with E-state index in [2.05, 4.69) is 4.98 Å². The number of halogens is 3. The monoisotopic (exact) mass is 633 g/mol. The molecule has 1 atom stereocenters. The summed E-state index contributed by atoms with van der Waals surface area (Å²) in [6, 6.07) is 12.0. The molecule has 2 aromatic heterocycles. The summed E-state index contributed by atoms with van der Waals surface area (Å²) in [5.74, 6) is -4.01. The summed E-state index contributed by atoms with van der Waals surface area (Å²) in [6.45, 7) is 0.466. The third-order valence-corrected chi connectivity index (χ3v) is 9.43. The van der Waals surface area contributed by atoms with Crippen LogP contribution in [-0.2, 0) is 28.0 Å². The molecule has 1 saturated heterocycles. The van der Waals surface area contributed by atoms with E-state index in [1.165, 1.54) is 28.8 Å². The second kappa shape index (κ2) is 12.2. The smallest absolute Gasteiger partial charge is 0.355 e. The average Bonchev–Trinajstić information content (AvgIpc) is 3.50. The number of benzene rings is 2. The Morgan fingerprint density at radius 3 is 2.53 bits per heavy atom. The Morgan fingerprint density at radius 2 is 1.91 bits per heavy atom. The molecule has 4 N–H and O–H groups in total. The molecule has 1 unspecified atom stereocenters. The zero-order valence-corrected chi connectivity index (χ0v) is 24.6. The van der Waals surface area contributed by atoms with E-state index in [1.807, 2.05) is 29.2 Å². The van der Waals surface area contributed by atoms with E-state index in [0.717, 1.165) is 35.3 Å². The number of alkyl halides is 2. The third kappa shape index (κ3) is 6.66. The summed E-state index contributed by atoms with van der Waals surface area (Å²) >= 11 is 1.17. The predicted molar refractivity (Wildman–Crippen MR) is 157 cm³/mol. The first-order chi connectivity index (χ1) is 20.1. The Hall–Kier alpha value is -3.59. The van der Waals surface area contributed by atoms with Gasteiger partial charge < -0.3 is 15.5 Å². The number of aromatic nitrogens is 3. The van der Waals surface area contributed by atoms with Crippen LogP contribution in [0.1, 0.15) is 53.0 Å². The van der Waals surface area contributed by atoms with Crippen LogP contribution in [0.15, 0.2) is 52.7 Å². The number of carbonyl (C=O) groups is 1. The molecule has 1 saturated carbocycles. The molecule has 1 aliphatic carbocycles. The van der Waals surface area contributed by atoms with Crippen molar-refractivity contribution in [2.24, 2.45) is 11.1 Å². The molecule has 43 heavy (non-hydrogen) atoms. The Morgan fingerprint density at radius 1 is 1.16 bits per heavy atom. The van der Waals surface area contributed by atoms with Gasteiger partial charge in [-0.3, -0.25) is 0 Å². The maximum Gasteiger partial charge on any atom is 0.355 e. The number of aromatic carboxylic acids is 1. The van der Waals surface area contributed by atoms with Crippen LogP contribution in [0, 0.1) is 11.7 Å². The first-order valence-electron chi connectivity index (χ1n) is 13.6. The van der Waals surface area contributed by atoms with Crippen LogP contribution >= 0.6 is 11.3 Å². The van der Waals surface area contributed by atoms with E-state index >= 15 is 0 Å². The predicted octanol–water partition coefficient (Wildman–Crippen LogP) is 5.36. The summed E-state index contributed by atoms with van der Waals surface area (Å²) in [6.07, 6.45) is 2.66. The fraction of sp³-hybridized carbons (Fsp3) is 0.345. The maximum atomic E-state index is 14.8. The molecule has 0 bridgehead atoms. The molecule has 14 heteroatoms. The van der Waals surface area contributed by atoms with Crippen LogP contribution in [-0.4, -0.2) is 50.3 Å². The number of rotatable bonds is 9. The van der Waals surface area contributed by atoms with Crippen molar-refractivity contribution in [3.63, 3.8) is 0 Å². The molecular formula is C29H30F3N5O4S2. The summed E-state index contributed by atoms with van der Waals surface area (Å²) < 4.78 is 55.9. The number of carboxylic acids is 1. The number of hydrogen-bond donors (Lipinski definition) is 2. The summed E-state index contributed by atoms with van der Waals surface area (Å²) in [4.78, 5) is 17.8. The molecule has 0 amide bonds. The van der Waals surface area contributed by atoms with Gasteiger partial charge in [0.15, 0.2) is 22.5 Å². The molecule has 3 heterocycles. The van der Waals surface area contributed by atoms with Gasteiger partial charge in [-0.05, 0) is 55.0 Å². The second-order valence-corrected chi connectivity index (χ2v) is 12.8. The second-order valence-electron chi connectivity index (χ2n) is 10.8. The van der Waals surface area contributed by atoms with Crippen molar-refractivity contribution in [2.75, 3.05) is 18.0 Å². The Labute approximate surface area is 252 Å². The highest BCUT2D eigenvalue weighted by Gasteiger charge is 2.34. The number of piperidine rings is 1. The van der Waals surface area contributed by atoms with Crippen molar-refractivity contribution in [1.82, 2.24) is 14.8 Å². The third-order valence-electron chi connectivity index (χ3n) is 7.77. The minimum absolute atomic E-state index is 0. The zero-order chi connectivity index (χ0) is 29.6. The Kier molecular flexibility index (Phi) is 8.75. The maximum absolute atomic E-state index is 14.8. The van der Waals surface area contributed by atoms with Crippen molar-refractivity contribution in [3.8, 4) is 16.4 Å². The molecule has 4 aromatic rings. The normalized spacial score (nSPS) is 17.0. The molecule has 2 aliphatic rings. The van der Waals surface area contributed by atoms with Crippen LogP contribution in [0.3, 0.4) is 0 Å². The van der Waals surface area contributed by atoms with Gasteiger partial charge in [-0.25, -0.2) is 27.6 Å². The molecule has 6 rings (SSSR count). The SMILES string of the molecule is N[SH+](=O)c1ccc(Cc2c(-c3cccc(N4CCC(F)(F)CC4)c3)nn(-c3nc(C(=O)O)cs3)c2CC2CC2)cc1F.[OH-]. The van der Waals surface area contributed by atoms with Gasteiger partial charge in [0.05, 0.1) is 11.4 Å². The molecule has 228 valence electrons. The van der Waals surface area contributed by atoms with Crippen molar-refractivity contribution in [1.29, 1.82) is 0 Å². The molecule has 0 spiro atoms. The van der Waals surface area contributed by atoms with Gasteiger partial charge in [0.25, 0.3) is 5.92 Å². The molecule has 2 aromatic carbocycles. The summed E-state index contributed by atoms with van der Waals surface area (Å²) in [5, 5.41) is 21.7. The quantitative estimate of drug-likeness (QED) is 0.186. The highest BCUT2D eigenvalue weighted by atomic mass is 32.2. The average molecular weight is 634 g/mol. The number of carboxylic acid groups (broad SMARTS) is 1. The lowest BCUT2D eigenvalue weighted by Gasteiger charge is -2.33. The van der Waals surface area contributed by atoms with Gasteiger partial charge in [-0.15, -0.1) is 16.5 Å². The number of anilines is 1. The van der Waals surface area contributed by atoms with Crippen molar-refractivity contribution < 1.29 is 32.8 Å². The molecule has 1 aliphatic heterocycles. The standard InChI is InChI=1S/C29H28F3N5O3S2.H2O/c30-22-13-18(6-7-25(22)42(33)40)12-21-24(14-17-4-5-17)37(28-34-23(16-41-28)27(38)39)35-26(21)19-2-1-3-20(15-19)36-10-8-29(31,32)9-11-36;/h1-3,6-7,13,15-17H,4-5,8-12,14H2,(H2,33,40)(H,38,39);1H2. The lowest BCUT2D eigenvalue weighted by molar-refractivity contribution is -0.0220. The van der Waals surface area contributed by atoms with E-state index in [4.69, 9.17) is 10.2 Å². The van der Waals surface area contributed by atoms with E-state index in [-0.39, 0.29) is 42.0 Å². The molecule has 2 fully saturated rings. The lowest BCUT2D eigenvalue weighted by Crippen LogP contribution is -2.39. The van der Waals surface area contributed by atoms with Crippen molar-refractivity contribution >= 4 is 34.0 Å². The van der Waals surface area contributed by atoms with E-state index in [0.29, 0.717) is 35.1 Å². The molecule has 9 nitrogen and oxygen atoms in total. The minimum Gasteiger partial charge on any atom is -0.870 e. The van der Waals surface area contributed by atoms with Gasteiger partial charge in [-0.2, -0.15) is 5.10 Å². The first kappa shape index (κ1) is 30.9. The van der Waals surface area contributed by atoms with Crippen LogP contribution < -0.4 is 10.0 Å². The highest BCUT2D eigenvalue weighted by Crippen LogP contribution is 2.39. The van der Waals surface area contributed by atoms with Gasteiger partial charge in [0, 0.05) is 54.5 Å². The van der Waals surface area contributed by atoms with Gasteiger partial charge in [0.2, 0.25) is 10.0 Å². The Balaban J connectivity index is 0.00000368. The summed E-state index contributed by atoms with van der Waals surface area (Å²) in [5.41, 5.74) is 4.42. The minimum atomic E-state index is -2.66. The Bertz CT molecular complexity index is 1680. The number of hydrogen-bond acceptors (Lipinski definition) is 7. The number of nitrogens with two attached hydrogens (primary N) is 1. The van der Waals surface area contributed by atoms with E-state index < -0.39 is 28.7 Å². The van der Waals surface area contributed by atoms with Gasteiger partial charge in [-0.1, -0.05) is 22.4 Å². The topological polar surface area (TPSA) is 144 Å². The highest BCUT2D eigenvalue weighted by molar-refractivity contribution is 7.82. The van der Waals surface area contributed by atoms with Crippen LogP contribution in [0.4, 0.5) is 18.9 Å². The largest absolute Gasteiger partial charge is 0.870 e. The van der Waals surface area contributed by atoms with Crippen LogP contribution in [0.2, 0.25) is 0 Å². The lowest BCUT2D eigenvalue weighted by atomic mass is 9.96. The van der Waals surface area contributed by atoms with E-state index in [1.54, 1.807) is 10.7 Å². The zero-order valence-electron chi connectivity index (χ0n) is 22.9. The number of thiol groups is 1. The fourth-order valence-corrected chi connectivity index (χ4v) is 6.58. The fourth-order valence-electron chi connectivity index (χ4n) is 5.31. The molecular weight excluding hydrogens is 603 g/mol. The summed E-state index contributed by atoms with van der Waals surface area (Å²) in [7, 11) is -2.33. The number of nitrogens with zero attached hydrogens (tertiary/aromatic N) is 4. The van der Waals surface area contributed by atoms with Gasteiger partial charge in [0.1, 0.15) is 0 Å². The van der Waals surface area contributed by atoms with E-state index in [9.17, 15) is 27.3 Å². The van der Waals surface area contributed by atoms with Crippen LogP contribution in [0.25, 0.3) is 16.4 Å². The van der Waals surface area contributed by atoms with Crippen molar-refractivity contribution in [3.05, 3.63) is 76.2 Å². The van der Waals surface area contributed by atoms with Crippen LogP contribution in [0.5, 0.6) is 0 Å². The number of thiazole rings is 1. The van der Waals surface area contributed by atoms with Crippen molar-refractivity contribution in [2.45, 2.75) is 49.3 Å². The first-order valence-corrected chi connectivity index (χ1v) is 15.8. The van der Waals surface area contributed by atoms with Gasteiger partial charge >= 0.3 is 5.97 Å². The molecule has 0 radical (unpaired) electrons.